The average Bonchev–Trinajstić information content (AvgIpc) is 2.42. The highest BCUT2D eigenvalue weighted by atomic mass is 79.9. The van der Waals surface area contributed by atoms with Crippen molar-refractivity contribution in [2.24, 2.45) is 0 Å². The van der Waals surface area contributed by atoms with Gasteiger partial charge in [-0.15, -0.1) is 0 Å². The van der Waals surface area contributed by atoms with Gasteiger partial charge in [0.1, 0.15) is 5.82 Å². The summed E-state index contributed by atoms with van der Waals surface area (Å²) in [4.78, 5) is 0. The van der Waals surface area contributed by atoms with Crippen molar-refractivity contribution in [3.8, 4) is 0 Å². The molecule has 0 spiro atoms. The fraction of sp³-hybridized carbons (Fsp3) is 0.0625. The average molecular weight is 353 g/mol. The molecule has 1 aromatic heterocycles. The Bertz CT molecular complexity index is 745. The van der Waals surface area contributed by atoms with Gasteiger partial charge in [-0.2, -0.15) is 0 Å². The second kappa shape index (κ2) is 6.33. The van der Waals surface area contributed by atoms with Gasteiger partial charge in [0.15, 0.2) is 18.9 Å². The molecule has 0 radical (unpaired) electrons. The van der Waals surface area contributed by atoms with Crippen LogP contribution in [0.2, 0.25) is 0 Å². The van der Waals surface area contributed by atoms with Crippen LogP contribution in [-0.2, 0) is 6.54 Å². The van der Waals surface area contributed by atoms with E-state index in [0.29, 0.717) is 6.54 Å². The van der Waals surface area contributed by atoms with Crippen LogP contribution in [0.15, 0.2) is 65.4 Å². The fourth-order valence-corrected chi connectivity index (χ4v) is 2.60. The summed E-state index contributed by atoms with van der Waals surface area (Å²) in [7, 11) is 0. The van der Waals surface area contributed by atoms with Gasteiger partial charge in [-0.05, 0) is 29.7 Å². The van der Waals surface area contributed by atoms with Crippen molar-refractivity contribution >= 4 is 26.7 Å². The Hall–Kier alpha value is -1.45. The largest absolute Gasteiger partial charge is 1.00 e. The van der Waals surface area contributed by atoms with Gasteiger partial charge >= 0.3 is 0 Å². The molecule has 20 heavy (non-hydrogen) atoms. The van der Waals surface area contributed by atoms with Crippen LogP contribution in [0.3, 0.4) is 0 Å². The molecule has 0 atom stereocenters. The summed E-state index contributed by atoms with van der Waals surface area (Å²) in [6, 6.07) is 15.1. The maximum absolute atomic E-state index is 13.1. The van der Waals surface area contributed by atoms with Crippen LogP contribution in [0.1, 0.15) is 5.56 Å². The highest BCUT2D eigenvalue weighted by molar-refractivity contribution is 9.10. The molecule has 4 heteroatoms. The maximum atomic E-state index is 13.1. The number of benzene rings is 2. The second-order valence-electron chi connectivity index (χ2n) is 4.48. The summed E-state index contributed by atoms with van der Waals surface area (Å²) >= 11 is 3.40. The first-order valence-electron chi connectivity index (χ1n) is 6.04. The summed E-state index contributed by atoms with van der Waals surface area (Å²) in [5.74, 6) is -0.223. The molecule has 0 fully saturated rings. The minimum absolute atomic E-state index is 0. The molecule has 2 aromatic carbocycles. The number of hydrogen-bond donors (Lipinski definition) is 0. The molecule has 0 saturated carbocycles. The maximum Gasteiger partial charge on any atom is 0.176 e. The number of pyridine rings is 1. The number of nitrogens with zero attached hydrogens (tertiary/aromatic N) is 1. The topological polar surface area (TPSA) is 3.88 Å². The van der Waals surface area contributed by atoms with Crippen LogP contribution in [0, 0.1) is 5.82 Å². The minimum atomic E-state index is -0.223. The zero-order chi connectivity index (χ0) is 13.2. The molecule has 1 nitrogen and oxygen atoms in total. The Kier molecular flexibility index (Phi) is 4.73. The van der Waals surface area contributed by atoms with Crippen molar-refractivity contribution in [3.05, 3.63) is 76.8 Å². The molecule has 0 amide bonds. The van der Waals surface area contributed by atoms with E-state index in [9.17, 15) is 4.39 Å². The van der Waals surface area contributed by atoms with Crippen LogP contribution in [0.4, 0.5) is 4.39 Å². The van der Waals surface area contributed by atoms with Gasteiger partial charge in [-0.25, -0.2) is 8.96 Å². The lowest BCUT2D eigenvalue weighted by Gasteiger charge is -2.02. The summed E-state index contributed by atoms with van der Waals surface area (Å²) in [5, 5.41) is 2.42. The molecule has 102 valence electrons. The summed E-state index contributed by atoms with van der Waals surface area (Å²) in [5.41, 5.74) is 1.06. The number of rotatable bonds is 2. The number of fused-ring (bicyclic) bond motifs is 1. The normalized spacial score (nSPS) is 10.3. The van der Waals surface area contributed by atoms with Crippen molar-refractivity contribution < 1.29 is 21.4 Å². The molecular formula is C16H12BrClFN. The molecule has 0 unspecified atom stereocenters. The fourth-order valence-electron chi connectivity index (χ4n) is 2.12. The van der Waals surface area contributed by atoms with Crippen molar-refractivity contribution in [1.82, 2.24) is 0 Å². The lowest BCUT2D eigenvalue weighted by atomic mass is 10.1. The van der Waals surface area contributed by atoms with Gasteiger partial charge in [0.05, 0.1) is 0 Å². The summed E-state index contributed by atoms with van der Waals surface area (Å²) < 4.78 is 16.0. The Labute approximate surface area is 131 Å². The van der Waals surface area contributed by atoms with E-state index in [1.807, 2.05) is 24.4 Å². The standard InChI is InChI=1S/C16H12BrFN.ClH/c17-16-9-15(18)6-5-14(16)11-19-8-7-12-3-1-2-4-13(12)10-19;/h1-10H,11H2;1H/q+1;/p-1. The number of aromatic nitrogens is 1. The smallest absolute Gasteiger partial charge is 0.176 e. The van der Waals surface area contributed by atoms with Gasteiger partial charge in [0.2, 0.25) is 0 Å². The summed E-state index contributed by atoms with van der Waals surface area (Å²) in [6.45, 7) is 0.714. The third-order valence-electron chi connectivity index (χ3n) is 3.11. The van der Waals surface area contributed by atoms with Crippen molar-refractivity contribution in [2.75, 3.05) is 0 Å². The van der Waals surface area contributed by atoms with Crippen molar-refractivity contribution in [1.29, 1.82) is 0 Å². The molecule has 3 aromatic rings. The van der Waals surface area contributed by atoms with E-state index in [1.54, 1.807) is 0 Å². The molecule has 1 heterocycles. The van der Waals surface area contributed by atoms with Crippen molar-refractivity contribution in [2.45, 2.75) is 6.54 Å². The Morgan fingerprint density at radius 1 is 1.00 bits per heavy atom. The van der Waals surface area contributed by atoms with E-state index in [2.05, 4.69) is 44.9 Å². The predicted octanol–water partition coefficient (Wildman–Crippen LogP) is 1.08. The molecule has 0 aliphatic heterocycles. The first kappa shape index (κ1) is 14.9. The van der Waals surface area contributed by atoms with E-state index in [4.69, 9.17) is 0 Å². The SMILES string of the molecule is Fc1ccc(C[n+]2ccc3ccccc3c2)c(Br)c1.[Cl-]. The zero-order valence-electron chi connectivity index (χ0n) is 10.6. The predicted molar refractivity (Wildman–Crippen MR) is 77.3 cm³/mol. The molecule has 0 aliphatic carbocycles. The van der Waals surface area contributed by atoms with Gasteiger partial charge in [-0.1, -0.05) is 34.1 Å². The highest BCUT2D eigenvalue weighted by Crippen LogP contribution is 2.18. The third-order valence-corrected chi connectivity index (χ3v) is 3.85. The lowest BCUT2D eigenvalue weighted by molar-refractivity contribution is -0.687. The minimum Gasteiger partial charge on any atom is -1.00 e. The molecule has 0 saturated heterocycles. The quantitative estimate of drug-likeness (QED) is 0.608. The number of hydrogen-bond acceptors (Lipinski definition) is 0. The van der Waals surface area contributed by atoms with E-state index in [1.165, 1.54) is 22.9 Å². The third kappa shape index (κ3) is 3.17. The molecule has 0 aliphatic rings. The van der Waals surface area contributed by atoms with E-state index in [0.717, 1.165) is 10.0 Å². The van der Waals surface area contributed by atoms with Gasteiger partial charge in [0, 0.05) is 21.5 Å². The van der Waals surface area contributed by atoms with Crippen molar-refractivity contribution in [3.63, 3.8) is 0 Å². The van der Waals surface area contributed by atoms with E-state index < -0.39 is 0 Å². The second-order valence-corrected chi connectivity index (χ2v) is 5.34. The Balaban J connectivity index is 0.00000147. The van der Waals surface area contributed by atoms with Gasteiger partial charge in [0.25, 0.3) is 0 Å². The lowest BCUT2D eigenvalue weighted by Crippen LogP contribution is -3.00. The first-order valence-corrected chi connectivity index (χ1v) is 6.83. The highest BCUT2D eigenvalue weighted by Gasteiger charge is 2.08. The van der Waals surface area contributed by atoms with E-state index in [-0.39, 0.29) is 18.2 Å². The van der Waals surface area contributed by atoms with Gasteiger partial charge < -0.3 is 12.4 Å². The summed E-state index contributed by atoms with van der Waals surface area (Å²) in [6.07, 6.45) is 4.14. The first-order chi connectivity index (χ1) is 9.22. The van der Waals surface area contributed by atoms with Crippen LogP contribution >= 0.6 is 15.9 Å². The molecule has 0 N–H and O–H groups in total. The zero-order valence-corrected chi connectivity index (χ0v) is 12.9. The van der Waals surface area contributed by atoms with Crippen LogP contribution < -0.4 is 17.0 Å². The molecule has 0 bridgehead atoms. The monoisotopic (exact) mass is 351 g/mol. The molecule has 3 rings (SSSR count). The van der Waals surface area contributed by atoms with Crippen LogP contribution in [0.5, 0.6) is 0 Å². The molecular weight excluding hydrogens is 341 g/mol. The van der Waals surface area contributed by atoms with Gasteiger partial charge in [-0.3, -0.25) is 0 Å². The van der Waals surface area contributed by atoms with Crippen LogP contribution in [0.25, 0.3) is 10.8 Å². The van der Waals surface area contributed by atoms with E-state index >= 15 is 0 Å². The Morgan fingerprint density at radius 2 is 1.75 bits per heavy atom. The number of halogens is 3. The Morgan fingerprint density at radius 3 is 2.50 bits per heavy atom. The van der Waals surface area contributed by atoms with Crippen LogP contribution in [-0.4, -0.2) is 0 Å².